The molecule has 14 heavy (non-hydrogen) atoms. The fourth-order valence-electron chi connectivity index (χ4n) is 0.948. The fourth-order valence-corrected chi connectivity index (χ4v) is 0.948. The van der Waals surface area contributed by atoms with Gasteiger partial charge in [0.2, 0.25) is 0 Å². The minimum absolute atomic E-state index is 0.569. The molecule has 0 aliphatic carbocycles. The van der Waals surface area contributed by atoms with Crippen LogP contribution in [0.25, 0.3) is 6.08 Å². The molecule has 0 aliphatic heterocycles. The molecule has 0 saturated carbocycles. The average Bonchev–Trinajstić information content (AvgIpc) is 2.19. The van der Waals surface area contributed by atoms with Gasteiger partial charge in [-0.1, -0.05) is 12.1 Å². The summed E-state index contributed by atoms with van der Waals surface area (Å²) < 4.78 is 17.8. The van der Waals surface area contributed by atoms with E-state index in [1.165, 1.54) is 13.0 Å². The molecule has 1 rings (SSSR count). The summed E-state index contributed by atoms with van der Waals surface area (Å²) in [6.07, 6.45) is 1.20. The fraction of sp³-hybridized carbons (Fsp3) is 0.182. The zero-order valence-electron chi connectivity index (χ0n) is 8.08. The van der Waals surface area contributed by atoms with Crippen molar-refractivity contribution < 1.29 is 13.9 Å². The number of benzene rings is 1. The van der Waals surface area contributed by atoms with Crippen molar-refractivity contribution in [1.29, 1.82) is 0 Å². The topological polar surface area (TPSA) is 26.3 Å². The van der Waals surface area contributed by atoms with Gasteiger partial charge in [0, 0.05) is 6.92 Å². The maximum atomic E-state index is 12.9. The molecular weight excluding hydrogens is 183 g/mol. The van der Waals surface area contributed by atoms with E-state index in [0.29, 0.717) is 11.3 Å². The Labute approximate surface area is 82.0 Å². The zero-order valence-corrected chi connectivity index (χ0v) is 8.08. The highest BCUT2D eigenvalue weighted by molar-refractivity contribution is 5.95. The van der Waals surface area contributed by atoms with Crippen molar-refractivity contribution in [2.24, 2.45) is 0 Å². The third-order valence-electron chi connectivity index (χ3n) is 1.75. The molecular formula is C11H11FO2. The lowest BCUT2D eigenvalue weighted by Gasteiger charge is -1.99. The molecule has 0 heterocycles. The summed E-state index contributed by atoms with van der Waals surface area (Å²) >= 11 is 0. The molecule has 0 fully saturated rings. The zero-order chi connectivity index (χ0) is 10.6. The highest BCUT2D eigenvalue weighted by Gasteiger charge is 2.01. The van der Waals surface area contributed by atoms with Crippen molar-refractivity contribution >= 4 is 11.9 Å². The molecule has 3 heteroatoms. The Bertz CT molecular complexity index is 352. The number of ether oxygens (including phenoxy) is 1. The SMILES string of the molecule is COc1ccc(/C=C(\F)C(C)=O)cc1. The van der Waals surface area contributed by atoms with E-state index in [1.54, 1.807) is 31.4 Å². The van der Waals surface area contributed by atoms with Crippen LogP contribution in [0.5, 0.6) is 5.75 Å². The highest BCUT2D eigenvalue weighted by atomic mass is 19.1. The number of hydrogen-bond donors (Lipinski definition) is 0. The third kappa shape index (κ3) is 2.69. The Hall–Kier alpha value is -1.64. The lowest BCUT2D eigenvalue weighted by atomic mass is 10.2. The van der Waals surface area contributed by atoms with Gasteiger partial charge in [-0.05, 0) is 23.8 Å². The molecule has 1 aromatic rings. The third-order valence-corrected chi connectivity index (χ3v) is 1.75. The van der Waals surface area contributed by atoms with E-state index in [4.69, 9.17) is 4.74 Å². The molecule has 0 saturated heterocycles. The van der Waals surface area contributed by atoms with Crippen molar-refractivity contribution in [3.8, 4) is 5.75 Å². The number of rotatable bonds is 3. The van der Waals surface area contributed by atoms with Gasteiger partial charge in [0.1, 0.15) is 5.75 Å². The smallest absolute Gasteiger partial charge is 0.188 e. The molecule has 0 unspecified atom stereocenters. The molecule has 0 aromatic heterocycles. The normalized spacial score (nSPS) is 11.2. The first-order valence-corrected chi connectivity index (χ1v) is 4.15. The van der Waals surface area contributed by atoms with Crippen LogP contribution in [0.3, 0.4) is 0 Å². The summed E-state index contributed by atoms with van der Waals surface area (Å²) in [6, 6.07) is 6.78. The first-order chi connectivity index (χ1) is 6.63. The molecule has 0 N–H and O–H groups in total. The van der Waals surface area contributed by atoms with Crippen LogP contribution in [0.4, 0.5) is 4.39 Å². The number of hydrogen-bond acceptors (Lipinski definition) is 2. The first-order valence-electron chi connectivity index (χ1n) is 4.15. The number of carbonyl (C=O) groups is 1. The number of Topliss-reactive ketones (excluding diaryl/α,β-unsaturated/α-hetero) is 1. The Kier molecular flexibility index (Phi) is 3.40. The van der Waals surface area contributed by atoms with Gasteiger partial charge < -0.3 is 4.74 Å². The lowest BCUT2D eigenvalue weighted by molar-refractivity contribution is -0.114. The molecule has 0 aliphatic rings. The number of halogens is 1. The maximum absolute atomic E-state index is 12.9. The van der Waals surface area contributed by atoms with E-state index in [1.807, 2.05) is 0 Å². The summed E-state index contributed by atoms with van der Waals surface area (Å²) in [4.78, 5) is 10.6. The predicted molar refractivity (Wildman–Crippen MR) is 52.8 cm³/mol. The molecule has 1 aromatic carbocycles. The Morgan fingerprint density at radius 1 is 1.36 bits per heavy atom. The van der Waals surface area contributed by atoms with Crippen LogP contribution in [0, 0.1) is 0 Å². The van der Waals surface area contributed by atoms with Crippen LogP contribution in [0.1, 0.15) is 12.5 Å². The minimum atomic E-state index is -0.741. The Morgan fingerprint density at radius 3 is 2.36 bits per heavy atom. The Balaban J connectivity index is 2.88. The van der Waals surface area contributed by atoms with E-state index in [0.717, 1.165) is 0 Å². The van der Waals surface area contributed by atoms with Crippen LogP contribution in [-0.4, -0.2) is 12.9 Å². The van der Waals surface area contributed by atoms with Gasteiger partial charge in [0.05, 0.1) is 7.11 Å². The standard InChI is InChI=1S/C11H11FO2/c1-8(13)11(12)7-9-3-5-10(14-2)6-4-9/h3-7H,1-2H3/b11-7-. The van der Waals surface area contributed by atoms with Gasteiger partial charge in [-0.15, -0.1) is 0 Å². The Morgan fingerprint density at radius 2 is 1.93 bits per heavy atom. The first kappa shape index (κ1) is 10.4. The molecule has 0 spiro atoms. The van der Waals surface area contributed by atoms with Crippen LogP contribution in [0.2, 0.25) is 0 Å². The van der Waals surface area contributed by atoms with Crippen molar-refractivity contribution in [2.45, 2.75) is 6.92 Å². The second kappa shape index (κ2) is 4.56. The predicted octanol–water partition coefficient (Wildman–Crippen LogP) is 2.59. The van der Waals surface area contributed by atoms with Crippen LogP contribution >= 0.6 is 0 Å². The van der Waals surface area contributed by atoms with Crippen LogP contribution in [-0.2, 0) is 4.79 Å². The maximum Gasteiger partial charge on any atom is 0.188 e. The van der Waals surface area contributed by atoms with Gasteiger partial charge in [0.25, 0.3) is 0 Å². The van der Waals surface area contributed by atoms with Gasteiger partial charge in [-0.3, -0.25) is 4.79 Å². The second-order valence-electron chi connectivity index (χ2n) is 2.82. The molecule has 2 nitrogen and oxygen atoms in total. The van der Waals surface area contributed by atoms with Crippen LogP contribution < -0.4 is 4.74 Å². The molecule has 0 atom stereocenters. The van der Waals surface area contributed by atoms with Gasteiger partial charge in [-0.25, -0.2) is 4.39 Å². The monoisotopic (exact) mass is 194 g/mol. The van der Waals surface area contributed by atoms with E-state index >= 15 is 0 Å². The van der Waals surface area contributed by atoms with E-state index in [2.05, 4.69) is 0 Å². The molecule has 0 radical (unpaired) electrons. The van der Waals surface area contributed by atoms with E-state index in [9.17, 15) is 9.18 Å². The number of carbonyl (C=O) groups excluding carboxylic acids is 1. The largest absolute Gasteiger partial charge is 0.497 e. The van der Waals surface area contributed by atoms with Gasteiger partial charge in [0.15, 0.2) is 11.6 Å². The summed E-state index contributed by atoms with van der Waals surface area (Å²) in [5.74, 6) is -0.610. The van der Waals surface area contributed by atoms with E-state index < -0.39 is 11.6 Å². The highest BCUT2D eigenvalue weighted by Crippen LogP contribution is 2.14. The summed E-state index contributed by atoms with van der Waals surface area (Å²) in [6.45, 7) is 1.19. The minimum Gasteiger partial charge on any atom is -0.497 e. The van der Waals surface area contributed by atoms with Crippen molar-refractivity contribution in [3.63, 3.8) is 0 Å². The number of allylic oxidation sites excluding steroid dienone is 1. The molecule has 74 valence electrons. The number of methoxy groups -OCH3 is 1. The second-order valence-corrected chi connectivity index (χ2v) is 2.82. The summed E-state index contributed by atoms with van der Waals surface area (Å²) in [5, 5.41) is 0. The van der Waals surface area contributed by atoms with Crippen molar-refractivity contribution in [1.82, 2.24) is 0 Å². The van der Waals surface area contributed by atoms with Gasteiger partial charge in [-0.2, -0.15) is 0 Å². The van der Waals surface area contributed by atoms with Gasteiger partial charge >= 0.3 is 0 Å². The summed E-state index contributed by atoms with van der Waals surface area (Å²) in [7, 11) is 1.56. The quantitative estimate of drug-likeness (QED) is 0.691. The van der Waals surface area contributed by atoms with Crippen molar-refractivity contribution in [3.05, 3.63) is 35.7 Å². The summed E-state index contributed by atoms with van der Waals surface area (Å²) in [5.41, 5.74) is 0.638. The molecule has 0 bridgehead atoms. The van der Waals surface area contributed by atoms with Crippen LogP contribution in [0.15, 0.2) is 30.1 Å². The van der Waals surface area contributed by atoms with E-state index in [-0.39, 0.29) is 0 Å². The van der Waals surface area contributed by atoms with Crippen molar-refractivity contribution in [2.75, 3.05) is 7.11 Å². The number of ketones is 1. The average molecular weight is 194 g/mol. The molecule has 0 amide bonds. The lowest BCUT2D eigenvalue weighted by Crippen LogP contribution is -1.89.